The van der Waals surface area contributed by atoms with Gasteiger partial charge in [-0.3, -0.25) is 14.4 Å². The quantitative estimate of drug-likeness (QED) is 0.445. The molecule has 0 unspecified atom stereocenters. The molecule has 0 aliphatic carbocycles. The van der Waals surface area contributed by atoms with Gasteiger partial charge >= 0.3 is 12.1 Å². The first-order valence-corrected chi connectivity index (χ1v) is 9.87. The molecule has 0 saturated heterocycles. The number of hydrogen-bond acceptors (Lipinski definition) is 5. The molecule has 1 heterocycles. The van der Waals surface area contributed by atoms with E-state index in [9.17, 15) is 32.3 Å². The summed E-state index contributed by atoms with van der Waals surface area (Å²) in [5.41, 5.74) is -0.108. The first kappa shape index (κ1) is 22.7. The predicted octanol–water partition coefficient (Wildman–Crippen LogP) is 4.30. The number of amides is 3. The van der Waals surface area contributed by atoms with E-state index in [-0.39, 0.29) is 28.1 Å². The molecule has 0 saturated carbocycles. The smallest absolute Gasteiger partial charge is 0.416 e. The molecule has 0 spiro atoms. The van der Waals surface area contributed by atoms with Crippen LogP contribution >= 0.6 is 0 Å². The lowest BCUT2D eigenvalue weighted by molar-refractivity contribution is -0.137. The van der Waals surface area contributed by atoms with Crippen LogP contribution in [-0.4, -0.2) is 30.3 Å². The van der Waals surface area contributed by atoms with Crippen molar-refractivity contribution in [3.63, 3.8) is 0 Å². The van der Waals surface area contributed by atoms with Gasteiger partial charge in [0, 0.05) is 5.69 Å². The SMILES string of the molecule is O=C(COC(=O)c1cccc(N2C(=O)c3ccccc3C2=O)c1)Nc1ccc(C(F)(F)F)cc1. The van der Waals surface area contributed by atoms with Gasteiger partial charge in [0.1, 0.15) is 0 Å². The predicted molar refractivity (Wildman–Crippen MR) is 114 cm³/mol. The lowest BCUT2D eigenvalue weighted by atomic mass is 10.1. The van der Waals surface area contributed by atoms with Gasteiger partial charge in [-0.1, -0.05) is 18.2 Å². The van der Waals surface area contributed by atoms with E-state index in [4.69, 9.17) is 4.74 Å². The van der Waals surface area contributed by atoms with Crippen molar-refractivity contribution < 1.29 is 37.1 Å². The van der Waals surface area contributed by atoms with E-state index in [0.717, 1.165) is 29.2 Å². The van der Waals surface area contributed by atoms with Gasteiger partial charge in [-0.05, 0) is 54.6 Å². The van der Waals surface area contributed by atoms with Crippen molar-refractivity contribution in [2.45, 2.75) is 6.18 Å². The number of esters is 1. The summed E-state index contributed by atoms with van der Waals surface area (Å²) < 4.78 is 42.8. The maximum absolute atomic E-state index is 12.6. The first-order valence-electron chi connectivity index (χ1n) is 9.87. The molecular formula is C24H15F3N2O5. The summed E-state index contributed by atoms with van der Waals surface area (Å²) in [6.45, 7) is -0.697. The van der Waals surface area contributed by atoms with Gasteiger partial charge in [0.25, 0.3) is 17.7 Å². The number of alkyl halides is 3. The van der Waals surface area contributed by atoms with E-state index in [1.807, 2.05) is 0 Å². The fraction of sp³-hybridized carbons (Fsp3) is 0.0833. The highest BCUT2D eigenvalue weighted by Crippen LogP contribution is 2.30. The Bertz CT molecular complexity index is 1270. The third-order valence-electron chi connectivity index (χ3n) is 4.96. The molecular weight excluding hydrogens is 453 g/mol. The van der Waals surface area contributed by atoms with Crippen molar-refractivity contribution in [3.8, 4) is 0 Å². The number of nitrogens with zero attached hydrogens (tertiary/aromatic N) is 1. The lowest BCUT2D eigenvalue weighted by Gasteiger charge is -2.15. The zero-order valence-corrected chi connectivity index (χ0v) is 17.3. The minimum absolute atomic E-state index is 0.00335. The van der Waals surface area contributed by atoms with Gasteiger partial charge in [0.05, 0.1) is 27.9 Å². The molecule has 0 atom stereocenters. The number of fused-ring (bicyclic) bond motifs is 1. The average molecular weight is 468 g/mol. The first-order chi connectivity index (χ1) is 16.1. The third-order valence-corrected chi connectivity index (χ3v) is 4.96. The molecule has 1 aliphatic heterocycles. The van der Waals surface area contributed by atoms with Crippen LogP contribution in [0.1, 0.15) is 36.6 Å². The van der Waals surface area contributed by atoms with Crippen LogP contribution < -0.4 is 10.2 Å². The number of benzene rings is 3. The Kier molecular flexibility index (Phi) is 5.89. The van der Waals surface area contributed by atoms with Crippen LogP contribution in [0.3, 0.4) is 0 Å². The van der Waals surface area contributed by atoms with Crippen molar-refractivity contribution >= 4 is 35.1 Å². The summed E-state index contributed by atoms with van der Waals surface area (Å²) in [4.78, 5) is 50.6. The van der Waals surface area contributed by atoms with Crippen LogP contribution in [0.5, 0.6) is 0 Å². The normalized spacial score (nSPS) is 13.0. The standard InChI is InChI=1S/C24H15F3N2O5/c25-24(26,27)15-8-10-16(11-9-15)28-20(30)13-34-23(33)14-4-3-5-17(12-14)29-21(31)18-6-1-2-7-19(18)22(29)32/h1-12H,13H2,(H,28,30). The van der Waals surface area contributed by atoms with Gasteiger partial charge in [-0.15, -0.1) is 0 Å². The Hall–Kier alpha value is -4.47. The molecule has 1 N–H and O–H groups in total. The van der Waals surface area contributed by atoms with Gasteiger partial charge in [0.15, 0.2) is 6.61 Å². The van der Waals surface area contributed by atoms with E-state index < -0.39 is 42.0 Å². The molecule has 0 fully saturated rings. The topological polar surface area (TPSA) is 92.8 Å². The van der Waals surface area contributed by atoms with E-state index >= 15 is 0 Å². The largest absolute Gasteiger partial charge is 0.452 e. The minimum atomic E-state index is -4.50. The summed E-state index contributed by atoms with van der Waals surface area (Å²) in [5, 5.41) is 2.32. The summed E-state index contributed by atoms with van der Waals surface area (Å²) in [5.74, 6) is -2.70. The van der Waals surface area contributed by atoms with Crippen molar-refractivity contribution in [1.29, 1.82) is 0 Å². The number of hydrogen-bond donors (Lipinski definition) is 1. The third kappa shape index (κ3) is 4.51. The Balaban J connectivity index is 1.39. The van der Waals surface area contributed by atoms with Gasteiger partial charge < -0.3 is 10.1 Å². The number of carbonyl (C=O) groups is 4. The molecule has 0 bridgehead atoms. The molecule has 10 heteroatoms. The second-order valence-corrected chi connectivity index (χ2v) is 7.24. The Morgan fingerprint density at radius 3 is 2.06 bits per heavy atom. The molecule has 172 valence electrons. The summed E-state index contributed by atoms with van der Waals surface area (Å²) in [6, 6.07) is 15.7. The molecule has 0 aromatic heterocycles. The van der Waals surface area contributed by atoms with Crippen LogP contribution in [0.2, 0.25) is 0 Å². The van der Waals surface area contributed by atoms with E-state index in [0.29, 0.717) is 0 Å². The van der Waals surface area contributed by atoms with Crippen LogP contribution in [-0.2, 0) is 15.7 Å². The highest BCUT2D eigenvalue weighted by molar-refractivity contribution is 6.34. The Labute approximate surface area is 190 Å². The number of halogens is 3. The fourth-order valence-corrected chi connectivity index (χ4v) is 3.35. The van der Waals surface area contributed by atoms with Crippen LogP contribution in [0.15, 0.2) is 72.8 Å². The van der Waals surface area contributed by atoms with E-state index in [2.05, 4.69) is 5.32 Å². The molecule has 0 radical (unpaired) electrons. The zero-order chi connectivity index (χ0) is 24.5. The second kappa shape index (κ2) is 8.81. The Morgan fingerprint density at radius 2 is 1.47 bits per heavy atom. The average Bonchev–Trinajstić information content (AvgIpc) is 3.07. The molecule has 7 nitrogen and oxygen atoms in total. The van der Waals surface area contributed by atoms with Crippen molar-refractivity contribution in [1.82, 2.24) is 0 Å². The minimum Gasteiger partial charge on any atom is -0.452 e. The van der Waals surface area contributed by atoms with E-state index in [1.54, 1.807) is 12.1 Å². The van der Waals surface area contributed by atoms with Crippen molar-refractivity contribution in [2.24, 2.45) is 0 Å². The number of nitrogens with one attached hydrogen (secondary N) is 1. The van der Waals surface area contributed by atoms with Crippen molar-refractivity contribution in [2.75, 3.05) is 16.8 Å². The van der Waals surface area contributed by atoms with Gasteiger partial charge in [-0.25, -0.2) is 9.69 Å². The number of anilines is 2. The van der Waals surface area contributed by atoms with Crippen LogP contribution in [0.25, 0.3) is 0 Å². The second-order valence-electron chi connectivity index (χ2n) is 7.24. The number of imide groups is 1. The maximum Gasteiger partial charge on any atom is 0.416 e. The maximum atomic E-state index is 12.6. The number of carbonyl (C=O) groups excluding carboxylic acids is 4. The van der Waals surface area contributed by atoms with E-state index in [1.165, 1.54) is 36.4 Å². The number of rotatable bonds is 5. The molecule has 34 heavy (non-hydrogen) atoms. The van der Waals surface area contributed by atoms with Crippen molar-refractivity contribution in [3.05, 3.63) is 95.1 Å². The molecule has 1 aliphatic rings. The fourth-order valence-electron chi connectivity index (χ4n) is 3.35. The Morgan fingerprint density at radius 1 is 0.853 bits per heavy atom. The molecule has 4 rings (SSSR count). The zero-order valence-electron chi connectivity index (χ0n) is 17.3. The highest BCUT2D eigenvalue weighted by Gasteiger charge is 2.36. The molecule has 3 aromatic carbocycles. The molecule has 3 amide bonds. The monoisotopic (exact) mass is 468 g/mol. The summed E-state index contributed by atoms with van der Waals surface area (Å²) >= 11 is 0. The van der Waals surface area contributed by atoms with Crippen LogP contribution in [0, 0.1) is 0 Å². The van der Waals surface area contributed by atoms with Gasteiger partial charge in [-0.2, -0.15) is 13.2 Å². The van der Waals surface area contributed by atoms with Gasteiger partial charge in [0.2, 0.25) is 0 Å². The lowest BCUT2D eigenvalue weighted by Crippen LogP contribution is -2.29. The molecule has 3 aromatic rings. The summed E-state index contributed by atoms with van der Waals surface area (Å²) in [6.07, 6.45) is -4.50. The number of ether oxygens (including phenoxy) is 1. The summed E-state index contributed by atoms with van der Waals surface area (Å²) in [7, 11) is 0. The van der Waals surface area contributed by atoms with Crippen LogP contribution in [0.4, 0.5) is 24.5 Å². The highest BCUT2D eigenvalue weighted by atomic mass is 19.4.